The van der Waals surface area contributed by atoms with E-state index in [4.69, 9.17) is 8.83 Å². The molecule has 0 spiro atoms. The first-order valence-corrected chi connectivity index (χ1v) is 22.7. The van der Waals surface area contributed by atoms with Crippen molar-refractivity contribution >= 4 is 87.0 Å². The summed E-state index contributed by atoms with van der Waals surface area (Å²) >= 11 is 0. The molecule has 14 rings (SSSR count). The van der Waals surface area contributed by atoms with E-state index in [1.165, 1.54) is 82.0 Å². The number of fused-ring (bicyclic) bond motifs is 10. The smallest absolute Gasteiger partial charge is 0.143 e. The summed E-state index contributed by atoms with van der Waals surface area (Å²) in [5, 5.41) is 14.1. The van der Waals surface area contributed by atoms with E-state index in [0.29, 0.717) is 0 Å². The summed E-state index contributed by atoms with van der Waals surface area (Å²) in [6, 6.07) is 83.3. The number of hydrogen-bond donors (Lipinski definition) is 0. The molecule has 306 valence electrons. The molecule has 0 amide bonds. The molecule has 0 fully saturated rings. The van der Waals surface area contributed by atoms with Gasteiger partial charge in [-0.1, -0.05) is 194 Å². The molecular weight excluding hydrogens is 801 g/mol. The second-order valence-corrected chi connectivity index (χ2v) is 17.4. The fourth-order valence-electron chi connectivity index (χ4n) is 11.0. The third-order valence-electron chi connectivity index (χ3n) is 13.8. The molecule has 0 unspecified atom stereocenters. The van der Waals surface area contributed by atoms with Crippen molar-refractivity contribution in [1.29, 1.82) is 0 Å². The Hall–Kier alpha value is -8.72. The van der Waals surface area contributed by atoms with E-state index in [-0.39, 0.29) is 0 Å². The van der Waals surface area contributed by atoms with Gasteiger partial charge in [-0.2, -0.15) is 0 Å². The summed E-state index contributed by atoms with van der Waals surface area (Å²) in [4.78, 5) is 0. The van der Waals surface area contributed by atoms with E-state index in [2.05, 4.69) is 231 Å². The largest absolute Gasteiger partial charge is 0.456 e. The first-order valence-electron chi connectivity index (χ1n) is 22.7. The Morgan fingerprint density at radius 2 is 0.606 bits per heavy atom. The lowest BCUT2D eigenvalue weighted by Gasteiger charge is -2.17. The van der Waals surface area contributed by atoms with Crippen LogP contribution >= 0.6 is 0 Å². The van der Waals surface area contributed by atoms with Crippen molar-refractivity contribution in [3.8, 4) is 55.6 Å². The highest BCUT2D eigenvalue weighted by Crippen LogP contribution is 2.49. The van der Waals surface area contributed by atoms with Gasteiger partial charge >= 0.3 is 0 Å². The molecule has 12 aromatic carbocycles. The Balaban J connectivity index is 0.962. The zero-order valence-corrected chi connectivity index (χ0v) is 35.8. The van der Waals surface area contributed by atoms with Crippen molar-refractivity contribution in [3.05, 3.63) is 231 Å². The maximum atomic E-state index is 7.13. The van der Waals surface area contributed by atoms with Gasteiger partial charge < -0.3 is 8.83 Å². The van der Waals surface area contributed by atoms with Crippen LogP contribution in [0.1, 0.15) is 0 Å². The fourth-order valence-corrected chi connectivity index (χ4v) is 11.0. The molecule has 2 heteroatoms. The molecule has 2 heterocycles. The molecule has 0 bridgehead atoms. The first-order chi connectivity index (χ1) is 32.7. The third kappa shape index (κ3) is 5.49. The lowest BCUT2D eigenvalue weighted by molar-refractivity contribution is 0.669. The van der Waals surface area contributed by atoms with E-state index in [1.54, 1.807) is 0 Å². The van der Waals surface area contributed by atoms with Gasteiger partial charge in [0.05, 0.1) is 0 Å². The summed E-state index contributed by atoms with van der Waals surface area (Å²) in [5.74, 6) is 0. The topological polar surface area (TPSA) is 26.3 Å². The Bertz CT molecular complexity index is 4150. The Morgan fingerprint density at radius 3 is 1.15 bits per heavy atom. The van der Waals surface area contributed by atoms with Gasteiger partial charge in [-0.05, 0) is 124 Å². The minimum atomic E-state index is 0.869. The fraction of sp³-hybridized carbons (Fsp3) is 0. The van der Waals surface area contributed by atoms with Gasteiger partial charge in [0.2, 0.25) is 0 Å². The van der Waals surface area contributed by atoms with Crippen molar-refractivity contribution in [2.45, 2.75) is 0 Å². The van der Waals surface area contributed by atoms with Crippen LogP contribution in [-0.4, -0.2) is 0 Å². The van der Waals surface area contributed by atoms with Gasteiger partial charge in [0.15, 0.2) is 0 Å². The van der Waals surface area contributed by atoms with Crippen LogP contribution in [0.5, 0.6) is 0 Å². The Kier molecular flexibility index (Phi) is 8.02. The van der Waals surface area contributed by atoms with Crippen molar-refractivity contribution in [1.82, 2.24) is 0 Å². The van der Waals surface area contributed by atoms with Gasteiger partial charge in [0.25, 0.3) is 0 Å². The standard InChI is InChI=1S/C64H38O2/c1-3-16-39(17-4-1)41-31-34-57-55(36-41)56-37-42(32-35-58(56)65-57)61-45-20-7-9-22-47(45)62(48-23-10-8-21-46(48)61)43-30-33-44-53-28-15-29-54(64(53)66-59(44)38-43)63-51-26-13-11-24-49(51)60(40-18-5-2-6-19-40)50-25-12-14-27-52(50)63/h1-38H. The van der Waals surface area contributed by atoms with E-state index in [9.17, 15) is 0 Å². The average molecular weight is 839 g/mol. The number of benzene rings is 12. The lowest BCUT2D eigenvalue weighted by atomic mass is 9.85. The molecule has 14 aromatic rings. The molecular formula is C64H38O2. The number of para-hydroxylation sites is 1. The summed E-state index contributed by atoms with van der Waals surface area (Å²) in [6.07, 6.45) is 0. The van der Waals surface area contributed by atoms with Crippen LogP contribution in [0.25, 0.3) is 143 Å². The summed E-state index contributed by atoms with van der Waals surface area (Å²) in [7, 11) is 0. The summed E-state index contributed by atoms with van der Waals surface area (Å²) in [6.45, 7) is 0. The van der Waals surface area contributed by atoms with E-state index in [1.807, 2.05) is 0 Å². The zero-order chi connectivity index (χ0) is 43.3. The highest BCUT2D eigenvalue weighted by Gasteiger charge is 2.22. The van der Waals surface area contributed by atoms with Crippen LogP contribution in [0.3, 0.4) is 0 Å². The van der Waals surface area contributed by atoms with E-state index < -0.39 is 0 Å². The van der Waals surface area contributed by atoms with Crippen molar-refractivity contribution in [3.63, 3.8) is 0 Å². The zero-order valence-electron chi connectivity index (χ0n) is 35.8. The monoisotopic (exact) mass is 838 g/mol. The highest BCUT2D eigenvalue weighted by molar-refractivity contribution is 6.26. The Labute approximate surface area is 380 Å². The van der Waals surface area contributed by atoms with Crippen molar-refractivity contribution < 1.29 is 8.83 Å². The maximum absolute atomic E-state index is 7.13. The predicted octanol–water partition coefficient (Wildman–Crippen LogP) is 18.4. The molecule has 2 nitrogen and oxygen atoms in total. The lowest BCUT2D eigenvalue weighted by Crippen LogP contribution is -1.90. The quantitative estimate of drug-likeness (QED) is 0.161. The van der Waals surface area contributed by atoms with Gasteiger partial charge in [0.1, 0.15) is 22.3 Å². The number of furan rings is 2. The molecule has 0 saturated carbocycles. The molecule has 0 radical (unpaired) electrons. The van der Waals surface area contributed by atoms with Crippen LogP contribution in [0.15, 0.2) is 239 Å². The summed E-state index contributed by atoms with van der Waals surface area (Å²) < 4.78 is 13.6. The highest BCUT2D eigenvalue weighted by atomic mass is 16.3. The van der Waals surface area contributed by atoms with Gasteiger partial charge in [0, 0.05) is 32.7 Å². The predicted molar refractivity (Wildman–Crippen MR) is 278 cm³/mol. The third-order valence-corrected chi connectivity index (χ3v) is 13.8. The minimum Gasteiger partial charge on any atom is -0.456 e. The SMILES string of the molecule is c1ccc(-c2ccc3oc4ccc(-c5c6ccccc6c(-c6ccc7c(c6)oc6c(-c8c9ccccc9c(-c9ccccc9)c9ccccc89)cccc67)c6ccccc56)cc4c3c2)cc1. The van der Waals surface area contributed by atoms with E-state index >= 15 is 0 Å². The van der Waals surface area contributed by atoms with Crippen LogP contribution in [-0.2, 0) is 0 Å². The molecule has 0 atom stereocenters. The maximum Gasteiger partial charge on any atom is 0.143 e. The van der Waals surface area contributed by atoms with Crippen LogP contribution in [0.2, 0.25) is 0 Å². The second-order valence-electron chi connectivity index (χ2n) is 17.4. The van der Waals surface area contributed by atoms with Crippen molar-refractivity contribution in [2.75, 3.05) is 0 Å². The van der Waals surface area contributed by atoms with Crippen LogP contribution in [0, 0.1) is 0 Å². The second kappa shape index (κ2) is 14.4. The number of rotatable bonds is 5. The molecule has 0 aliphatic heterocycles. The molecule has 66 heavy (non-hydrogen) atoms. The van der Waals surface area contributed by atoms with Crippen LogP contribution < -0.4 is 0 Å². The van der Waals surface area contributed by atoms with Crippen molar-refractivity contribution in [2.24, 2.45) is 0 Å². The van der Waals surface area contributed by atoms with Crippen LogP contribution in [0.4, 0.5) is 0 Å². The normalized spacial score (nSPS) is 11.9. The number of hydrogen-bond acceptors (Lipinski definition) is 2. The van der Waals surface area contributed by atoms with Gasteiger partial charge in [-0.25, -0.2) is 0 Å². The average Bonchev–Trinajstić information content (AvgIpc) is 3.95. The molecule has 0 saturated heterocycles. The molecule has 2 aromatic heterocycles. The first kappa shape index (κ1) is 36.7. The molecule has 0 aliphatic carbocycles. The molecule has 0 aliphatic rings. The Morgan fingerprint density at radius 1 is 0.197 bits per heavy atom. The van der Waals surface area contributed by atoms with Gasteiger partial charge in [-0.3, -0.25) is 0 Å². The van der Waals surface area contributed by atoms with Gasteiger partial charge in [-0.15, -0.1) is 0 Å². The summed E-state index contributed by atoms with van der Waals surface area (Å²) in [5.41, 5.74) is 15.4. The minimum absolute atomic E-state index is 0.869. The molecule has 0 N–H and O–H groups in total. The van der Waals surface area contributed by atoms with E-state index in [0.717, 1.165) is 60.6 Å².